The minimum atomic E-state index is -3.57. The van der Waals surface area contributed by atoms with Crippen molar-refractivity contribution in [3.8, 4) is 0 Å². The maximum atomic E-state index is 12.5. The Morgan fingerprint density at radius 1 is 1.18 bits per heavy atom. The third-order valence-corrected chi connectivity index (χ3v) is 8.37. The number of amides is 1. The lowest BCUT2D eigenvalue weighted by molar-refractivity contribution is 0.102. The van der Waals surface area contributed by atoms with Gasteiger partial charge in [0.2, 0.25) is 10.0 Å². The first kappa shape index (κ1) is 20.8. The van der Waals surface area contributed by atoms with Crippen LogP contribution in [0.5, 0.6) is 0 Å². The van der Waals surface area contributed by atoms with Gasteiger partial charge in [0.1, 0.15) is 0 Å². The van der Waals surface area contributed by atoms with E-state index in [1.54, 1.807) is 50.1 Å². The molecule has 1 heterocycles. The Labute approximate surface area is 173 Å². The number of aromatic nitrogens is 1. The van der Waals surface area contributed by atoms with Crippen LogP contribution in [-0.4, -0.2) is 43.0 Å². The standard InChI is InChI=1S/C19H21N3O3S3/c1-12(2)22(3)28(24,25)15-8-5-13(6-9-15)18(23)20-14-7-10-16-17(11-14)27-19(21-16)26-4/h5-12H,1-4H3,(H,20,23). The summed E-state index contributed by atoms with van der Waals surface area (Å²) in [4.78, 5) is 17.2. The van der Waals surface area contributed by atoms with Crippen molar-refractivity contribution in [2.24, 2.45) is 0 Å². The molecule has 0 atom stereocenters. The Morgan fingerprint density at radius 3 is 2.46 bits per heavy atom. The number of carbonyl (C=O) groups is 1. The monoisotopic (exact) mass is 435 g/mol. The molecule has 0 unspecified atom stereocenters. The van der Waals surface area contributed by atoms with E-state index in [1.165, 1.54) is 28.6 Å². The number of carbonyl (C=O) groups excluding carboxylic acids is 1. The number of hydrogen-bond acceptors (Lipinski definition) is 6. The molecule has 0 aliphatic rings. The van der Waals surface area contributed by atoms with Crippen LogP contribution in [0.1, 0.15) is 24.2 Å². The summed E-state index contributed by atoms with van der Waals surface area (Å²) in [6.07, 6.45) is 1.98. The fraction of sp³-hybridized carbons (Fsp3) is 0.263. The Kier molecular flexibility index (Phi) is 6.09. The van der Waals surface area contributed by atoms with Gasteiger partial charge in [0.25, 0.3) is 5.91 Å². The van der Waals surface area contributed by atoms with Gasteiger partial charge in [-0.1, -0.05) is 11.8 Å². The Balaban J connectivity index is 1.78. The van der Waals surface area contributed by atoms with E-state index < -0.39 is 10.0 Å². The number of benzene rings is 2. The number of thiazole rings is 1. The lowest BCUT2D eigenvalue weighted by Crippen LogP contribution is -2.33. The second-order valence-corrected chi connectivity index (χ2v) is 10.5. The van der Waals surface area contributed by atoms with Crippen LogP contribution in [0.4, 0.5) is 5.69 Å². The van der Waals surface area contributed by atoms with E-state index in [1.807, 2.05) is 18.4 Å². The molecule has 0 bridgehead atoms. The third-order valence-electron chi connectivity index (χ3n) is 4.32. The highest BCUT2D eigenvalue weighted by atomic mass is 32.2. The van der Waals surface area contributed by atoms with Crippen molar-refractivity contribution < 1.29 is 13.2 Å². The number of fused-ring (bicyclic) bond motifs is 1. The Morgan fingerprint density at radius 2 is 1.86 bits per heavy atom. The average Bonchev–Trinajstić information content (AvgIpc) is 3.09. The summed E-state index contributed by atoms with van der Waals surface area (Å²) in [5.74, 6) is -0.296. The minimum absolute atomic E-state index is 0.152. The fourth-order valence-electron chi connectivity index (χ4n) is 2.49. The quantitative estimate of drug-likeness (QED) is 0.584. The van der Waals surface area contributed by atoms with Crippen molar-refractivity contribution in [1.29, 1.82) is 0 Å². The average molecular weight is 436 g/mol. The van der Waals surface area contributed by atoms with E-state index in [9.17, 15) is 13.2 Å². The van der Waals surface area contributed by atoms with Gasteiger partial charge in [0.15, 0.2) is 4.34 Å². The summed E-state index contributed by atoms with van der Waals surface area (Å²) in [5, 5.41) is 2.85. The van der Waals surface area contributed by atoms with Gasteiger partial charge >= 0.3 is 0 Å². The molecule has 2 aromatic carbocycles. The van der Waals surface area contributed by atoms with Gasteiger partial charge in [-0.25, -0.2) is 13.4 Å². The van der Waals surface area contributed by atoms with Crippen LogP contribution in [0.2, 0.25) is 0 Å². The van der Waals surface area contributed by atoms with Crippen LogP contribution in [0.25, 0.3) is 10.2 Å². The summed E-state index contributed by atoms with van der Waals surface area (Å²) >= 11 is 3.16. The lowest BCUT2D eigenvalue weighted by atomic mass is 10.2. The zero-order chi connectivity index (χ0) is 20.5. The molecule has 9 heteroatoms. The second-order valence-electron chi connectivity index (χ2n) is 6.46. The maximum Gasteiger partial charge on any atom is 0.255 e. The van der Waals surface area contributed by atoms with Crippen LogP contribution < -0.4 is 5.32 Å². The largest absolute Gasteiger partial charge is 0.322 e. The highest BCUT2D eigenvalue weighted by Gasteiger charge is 2.23. The molecular formula is C19H21N3O3S3. The number of anilines is 1. The van der Waals surface area contributed by atoms with Crippen molar-refractivity contribution in [2.75, 3.05) is 18.6 Å². The number of thioether (sulfide) groups is 1. The number of hydrogen-bond donors (Lipinski definition) is 1. The minimum Gasteiger partial charge on any atom is -0.322 e. The smallest absolute Gasteiger partial charge is 0.255 e. The first-order chi connectivity index (χ1) is 13.2. The highest BCUT2D eigenvalue weighted by molar-refractivity contribution is 8.00. The van der Waals surface area contributed by atoms with Gasteiger partial charge in [-0.3, -0.25) is 4.79 Å². The summed E-state index contributed by atoms with van der Waals surface area (Å²) in [7, 11) is -2.03. The Bertz CT molecular complexity index is 1110. The normalized spacial score (nSPS) is 12.1. The van der Waals surface area contributed by atoms with Crippen molar-refractivity contribution in [1.82, 2.24) is 9.29 Å². The molecule has 0 aliphatic carbocycles. The Hall–Kier alpha value is -1.94. The van der Waals surface area contributed by atoms with Gasteiger partial charge in [-0.2, -0.15) is 4.31 Å². The topological polar surface area (TPSA) is 79.4 Å². The fourth-order valence-corrected chi connectivity index (χ4v) is 5.39. The van der Waals surface area contributed by atoms with E-state index in [2.05, 4.69) is 10.3 Å². The molecule has 0 radical (unpaired) electrons. The molecule has 1 N–H and O–H groups in total. The van der Waals surface area contributed by atoms with Gasteiger partial charge in [-0.15, -0.1) is 11.3 Å². The van der Waals surface area contributed by atoms with Crippen molar-refractivity contribution >= 4 is 54.9 Å². The predicted molar refractivity (Wildman–Crippen MR) is 116 cm³/mol. The summed E-state index contributed by atoms with van der Waals surface area (Å²) in [6.45, 7) is 3.61. The zero-order valence-corrected chi connectivity index (χ0v) is 18.4. The third kappa shape index (κ3) is 4.22. The molecule has 0 spiro atoms. The molecule has 28 heavy (non-hydrogen) atoms. The predicted octanol–water partition coefficient (Wildman–Crippen LogP) is 4.30. The van der Waals surface area contributed by atoms with E-state index in [0.717, 1.165) is 14.6 Å². The van der Waals surface area contributed by atoms with Crippen LogP contribution in [0, 0.1) is 0 Å². The van der Waals surface area contributed by atoms with Crippen LogP contribution in [0.15, 0.2) is 51.7 Å². The SMILES string of the molecule is CSc1nc2ccc(NC(=O)c3ccc(S(=O)(=O)N(C)C(C)C)cc3)cc2s1. The van der Waals surface area contributed by atoms with Crippen LogP contribution in [0.3, 0.4) is 0 Å². The molecule has 3 rings (SSSR count). The van der Waals surface area contributed by atoms with Crippen molar-refractivity contribution in [3.05, 3.63) is 48.0 Å². The van der Waals surface area contributed by atoms with Gasteiger partial charge in [0.05, 0.1) is 15.1 Å². The molecule has 0 fully saturated rings. The van der Waals surface area contributed by atoms with E-state index in [-0.39, 0.29) is 16.8 Å². The molecule has 3 aromatic rings. The van der Waals surface area contributed by atoms with E-state index in [4.69, 9.17) is 0 Å². The van der Waals surface area contributed by atoms with Crippen molar-refractivity contribution in [3.63, 3.8) is 0 Å². The first-order valence-corrected chi connectivity index (χ1v) is 12.0. The van der Waals surface area contributed by atoms with Gasteiger partial charge < -0.3 is 5.32 Å². The van der Waals surface area contributed by atoms with E-state index in [0.29, 0.717) is 11.3 Å². The number of rotatable bonds is 6. The molecule has 0 aliphatic heterocycles. The molecule has 1 aromatic heterocycles. The highest BCUT2D eigenvalue weighted by Crippen LogP contribution is 2.30. The molecule has 6 nitrogen and oxygen atoms in total. The first-order valence-electron chi connectivity index (χ1n) is 8.56. The zero-order valence-electron chi connectivity index (χ0n) is 16.0. The molecular weight excluding hydrogens is 414 g/mol. The van der Waals surface area contributed by atoms with Gasteiger partial charge in [0, 0.05) is 24.3 Å². The molecule has 0 saturated heterocycles. The lowest BCUT2D eigenvalue weighted by Gasteiger charge is -2.21. The summed E-state index contributed by atoms with van der Waals surface area (Å²) in [5.41, 5.74) is 1.96. The number of sulfonamides is 1. The van der Waals surface area contributed by atoms with Crippen LogP contribution >= 0.6 is 23.1 Å². The number of nitrogens with one attached hydrogen (secondary N) is 1. The molecule has 0 saturated carbocycles. The molecule has 148 valence electrons. The summed E-state index contributed by atoms with van der Waals surface area (Å²) in [6, 6.07) is 11.4. The second kappa shape index (κ2) is 8.20. The van der Waals surface area contributed by atoms with E-state index >= 15 is 0 Å². The van der Waals surface area contributed by atoms with Crippen molar-refractivity contribution in [2.45, 2.75) is 29.1 Å². The molecule has 1 amide bonds. The summed E-state index contributed by atoms with van der Waals surface area (Å²) < 4.78 is 28.3. The van der Waals surface area contributed by atoms with Crippen LogP contribution in [-0.2, 0) is 10.0 Å². The number of nitrogens with zero attached hydrogens (tertiary/aromatic N) is 2. The maximum absolute atomic E-state index is 12.5. The van der Waals surface area contributed by atoms with Gasteiger partial charge in [-0.05, 0) is 62.6 Å².